The molecule has 0 saturated heterocycles. The summed E-state index contributed by atoms with van der Waals surface area (Å²) in [5, 5.41) is 3.86. The molecule has 3 heterocycles. The normalized spacial score (nSPS) is 12.2. The second-order valence-electron chi connectivity index (χ2n) is 18.0. The molecule has 350 valence electrons. The molecule has 0 unspecified atom stereocenters. The van der Waals surface area contributed by atoms with Crippen molar-refractivity contribution in [1.29, 1.82) is 0 Å². The van der Waals surface area contributed by atoms with Gasteiger partial charge >= 0.3 is 12.4 Å². The number of thiophene rings is 1. The Hall–Kier alpha value is -8.41. The second kappa shape index (κ2) is 17.2. The maximum absolute atomic E-state index is 14.9. The summed E-state index contributed by atoms with van der Waals surface area (Å²) in [5.74, 6) is 1.22. The van der Waals surface area contributed by atoms with Crippen molar-refractivity contribution in [2.45, 2.75) is 26.2 Å². The quantitative estimate of drug-likeness (QED) is 0.150. The van der Waals surface area contributed by atoms with Crippen molar-refractivity contribution >= 4 is 53.3 Å². The van der Waals surface area contributed by atoms with Crippen LogP contribution in [0.25, 0.3) is 115 Å². The summed E-state index contributed by atoms with van der Waals surface area (Å²) in [7, 11) is 0. The van der Waals surface area contributed by atoms with Gasteiger partial charge in [-0.2, -0.15) is 26.3 Å². The van der Waals surface area contributed by atoms with Crippen LogP contribution < -0.4 is 0 Å². The SMILES string of the molecule is Cc1ccc(-c2ccc3c4ccc(-c5ccc(C(F)(F)F)cc5C)cc4n(-c4ccc(-c5ccc6c(c5)sc5ccccc56)cc4-c4nc(-c5ccccc5)nc(-c5ccccc5)n4)c3c2)c(C(F)(F)F)c1. The van der Waals surface area contributed by atoms with E-state index in [-0.39, 0.29) is 5.56 Å². The predicted molar refractivity (Wildman–Crippen MR) is 279 cm³/mol. The standard InChI is InChI=1S/C61H38F6N4S/c1-35-17-23-45(51(29-35)61(65,66)67)42-20-25-47-46-24-19-41(44-27-22-43(30-36(44)2)60(62,63)64)32-53(46)71(54(47)33-42)52-28-21-39(40-18-26-49-48-15-9-10-16-55(48)72-56(49)34-40)31-50(52)59-69-57(37-11-5-3-6-12-37)68-58(70-59)38-13-7-4-8-14-38/h3-34H,1-2H3. The summed E-state index contributed by atoms with van der Waals surface area (Å²) < 4.78 is 90.6. The van der Waals surface area contributed by atoms with Crippen molar-refractivity contribution < 1.29 is 26.3 Å². The highest BCUT2D eigenvalue weighted by Gasteiger charge is 2.34. The smallest absolute Gasteiger partial charge is 0.308 e. The minimum atomic E-state index is -4.63. The first-order chi connectivity index (χ1) is 34.7. The number of nitrogens with zero attached hydrogens (tertiary/aromatic N) is 4. The van der Waals surface area contributed by atoms with Gasteiger partial charge in [-0.25, -0.2) is 15.0 Å². The molecule has 9 aromatic carbocycles. The second-order valence-corrected chi connectivity index (χ2v) is 19.0. The van der Waals surface area contributed by atoms with Crippen LogP contribution in [0.15, 0.2) is 194 Å². The molecule has 12 rings (SSSR count). The van der Waals surface area contributed by atoms with E-state index in [0.29, 0.717) is 67.6 Å². The molecule has 0 atom stereocenters. The van der Waals surface area contributed by atoms with Gasteiger partial charge in [0.05, 0.1) is 27.8 Å². The predicted octanol–water partition coefficient (Wildman–Crippen LogP) is 18.0. The molecule has 0 saturated carbocycles. The van der Waals surface area contributed by atoms with Crippen LogP contribution in [0.2, 0.25) is 0 Å². The first-order valence-corrected chi connectivity index (χ1v) is 23.9. The average Bonchev–Trinajstić information content (AvgIpc) is 3.92. The zero-order valence-electron chi connectivity index (χ0n) is 38.4. The van der Waals surface area contributed by atoms with E-state index in [4.69, 9.17) is 15.0 Å². The van der Waals surface area contributed by atoms with E-state index in [1.807, 2.05) is 114 Å². The fourth-order valence-corrected chi connectivity index (χ4v) is 11.0. The third-order valence-corrected chi connectivity index (χ3v) is 14.4. The highest BCUT2D eigenvalue weighted by Crippen LogP contribution is 2.45. The van der Waals surface area contributed by atoms with Gasteiger partial charge < -0.3 is 4.57 Å². The van der Waals surface area contributed by atoms with E-state index < -0.39 is 23.5 Å². The van der Waals surface area contributed by atoms with Crippen LogP contribution in [0.5, 0.6) is 0 Å². The molecule has 0 aliphatic heterocycles. The number of aryl methyl sites for hydroxylation is 2. The largest absolute Gasteiger partial charge is 0.417 e. The van der Waals surface area contributed by atoms with E-state index in [2.05, 4.69) is 36.4 Å². The van der Waals surface area contributed by atoms with Gasteiger partial charge in [0, 0.05) is 47.6 Å². The van der Waals surface area contributed by atoms with Crippen molar-refractivity contribution in [3.8, 4) is 73.2 Å². The number of benzene rings is 9. The number of hydrogen-bond donors (Lipinski definition) is 0. The molecule has 0 amide bonds. The maximum atomic E-state index is 14.9. The number of halogens is 6. The number of hydrogen-bond acceptors (Lipinski definition) is 4. The third kappa shape index (κ3) is 7.96. The highest BCUT2D eigenvalue weighted by atomic mass is 32.1. The van der Waals surface area contributed by atoms with Crippen LogP contribution in [0, 0.1) is 13.8 Å². The molecule has 11 heteroatoms. The molecule has 0 aliphatic carbocycles. The van der Waals surface area contributed by atoms with Crippen LogP contribution in [-0.2, 0) is 12.4 Å². The van der Waals surface area contributed by atoms with E-state index >= 15 is 0 Å². The summed E-state index contributed by atoms with van der Waals surface area (Å²) in [4.78, 5) is 15.4. The molecule has 0 spiro atoms. The lowest BCUT2D eigenvalue weighted by Crippen LogP contribution is -2.07. The molecule has 72 heavy (non-hydrogen) atoms. The van der Waals surface area contributed by atoms with Crippen molar-refractivity contribution in [2.24, 2.45) is 0 Å². The Morgan fingerprint density at radius 2 is 0.931 bits per heavy atom. The van der Waals surface area contributed by atoms with Gasteiger partial charge in [0.25, 0.3) is 0 Å². The van der Waals surface area contributed by atoms with Gasteiger partial charge in [-0.3, -0.25) is 0 Å². The van der Waals surface area contributed by atoms with E-state index in [1.165, 1.54) is 22.2 Å². The molecule has 0 aliphatic rings. The van der Waals surface area contributed by atoms with Crippen LogP contribution in [0.1, 0.15) is 22.3 Å². The van der Waals surface area contributed by atoms with Gasteiger partial charge in [0.2, 0.25) is 0 Å². The monoisotopic (exact) mass is 972 g/mol. The van der Waals surface area contributed by atoms with E-state index in [9.17, 15) is 26.3 Å². The molecule has 0 N–H and O–H groups in total. The third-order valence-electron chi connectivity index (χ3n) is 13.3. The van der Waals surface area contributed by atoms with Crippen LogP contribution in [-0.4, -0.2) is 19.5 Å². The zero-order valence-corrected chi connectivity index (χ0v) is 39.3. The lowest BCUT2D eigenvalue weighted by molar-refractivity contribution is -0.138. The summed E-state index contributed by atoms with van der Waals surface area (Å²) >= 11 is 1.72. The van der Waals surface area contributed by atoms with Crippen molar-refractivity contribution in [3.63, 3.8) is 0 Å². The Bertz CT molecular complexity index is 4040. The Balaban J connectivity index is 1.17. The van der Waals surface area contributed by atoms with Crippen LogP contribution in [0.3, 0.4) is 0 Å². The summed E-state index contributed by atoms with van der Waals surface area (Å²) in [5.41, 5.74) is 6.87. The van der Waals surface area contributed by atoms with Gasteiger partial charge in [0.15, 0.2) is 17.5 Å². The van der Waals surface area contributed by atoms with E-state index in [0.717, 1.165) is 61.3 Å². The molecule has 0 radical (unpaired) electrons. The molecule has 0 fully saturated rings. The van der Waals surface area contributed by atoms with Gasteiger partial charge in [-0.15, -0.1) is 11.3 Å². The fourth-order valence-electron chi connectivity index (χ4n) is 9.85. The maximum Gasteiger partial charge on any atom is 0.417 e. The Morgan fingerprint density at radius 3 is 1.57 bits per heavy atom. The molecule has 0 bridgehead atoms. The lowest BCUT2D eigenvalue weighted by Gasteiger charge is -2.18. The molecule has 4 nitrogen and oxygen atoms in total. The van der Waals surface area contributed by atoms with Gasteiger partial charge in [0.1, 0.15) is 0 Å². The number of alkyl halides is 6. The first kappa shape index (κ1) is 44.8. The van der Waals surface area contributed by atoms with Gasteiger partial charge in [-0.05, 0) is 107 Å². The zero-order chi connectivity index (χ0) is 49.5. The highest BCUT2D eigenvalue weighted by molar-refractivity contribution is 7.25. The summed E-state index contributed by atoms with van der Waals surface area (Å²) in [6.45, 7) is 3.29. The van der Waals surface area contributed by atoms with E-state index in [1.54, 1.807) is 43.4 Å². The minimum absolute atomic E-state index is 0.0255. The Morgan fingerprint density at radius 1 is 0.389 bits per heavy atom. The van der Waals surface area contributed by atoms with Gasteiger partial charge in [-0.1, -0.05) is 145 Å². The number of rotatable bonds is 7. The average molecular weight is 973 g/mol. The molecular weight excluding hydrogens is 935 g/mol. The van der Waals surface area contributed by atoms with Crippen LogP contribution >= 0.6 is 11.3 Å². The van der Waals surface area contributed by atoms with Crippen molar-refractivity contribution in [1.82, 2.24) is 19.5 Å². The summed E-state index contributed by atoms with van der Waals surface area (Å²) in [6, 6.07) is 59.2. The number of fused-ring (bicyclic) bond motifs is 6. The molecular formula is C61H38F6N4S. The summed E-state index contributed by atoms with van der Waals surface area (Å²) in [6.07, 6.45) is -9.16. The first-order valence-electron chi connectivity index (χ1n) is 23.1. The number of aromatic nitrogens is 4. The van der Waals surface area contributed by atoms with Crippen LogP contribution in [0.4, 0.5) is 26.3 Å². The Labute approximate surface area is 413 Å². The topological polar surface area (TPSA) is 43.6 Å². The molecule has 3 aromatic heterocycles. The lowest BCUT2D eigenvalue weighted by atomic mass is 9.96. The molecule has 12 aromatic rings. The minimum Gasteiger partial charge on any atom is -0.308 e. The fraction of sp³-hybridized carbons (Fsp3) is 0.0656. The van der Waals surface area contributed by atoms with Crippen molar-refractivity contribution in [2.75, 3.05) is 0 Å². The van der Waals surface area contributed by atoms with Crippen molar-refractivity contribution in [3.05, 3.63) is 216 Å². The Kier molecular flexibility index (Phi) is 10.7.